The van der Waals surface area contributed by atoms with E-state index >= 15 is 0 Å². The maximum atomic E-state index is 9.91. The summed E-state index contributed by atoms with van der Waals surface area (Å²) < 4.78 is 10.6. The van der Waals surface area contributed by atoms with Gasteiger partial charge in [0.05, 0.1) is 13.2 Å². The minimum Gasteiger partial charge on any atom is -0.388 e. The van der Waals surface area contributed by atoms with Gasteiger partial charge in [-0.3, -0.25) is 0 Å². The molecule has 1 aliphatic rings. The summed E-state index contributed by atoms with van der Waals surface area (Å²) in [5, 5.41) is 29.0. The highest BCUT2D eigenvalue weighted by atomic mass is 16.5. The second kappa shape index (κ2) is 15.6. The van der Waals surface area contributed by atoms with Crippen LogP contribution in [-0.2, 0) is 9.47 Å². The lowest BCUT2D eigenvalue weighted by Crippen LogP contribution is -2.40. The average Bonchev–Trinajstić information content (AvgIpc) is 2.97. The van der Waals surface area contributed by atoms with Gasteiger partial charge >= 0.3 is 0 Å². The van der Waals surface area contributed by atoms with E-state index in [1.165, 1.54) is 51.4 Å². The zero-order valence-electron chi connectivity index (χ0n) is 16.5. The third-order valence-corrected chi connectivity index (χ3v) is 4.91. The number of aliphatic hydroxyl groups is 3. The molecule has 5 nitrogen and oxygen atoms in total. The Labute approximate surface area is 159 Å². The van der Waals surface area contributed by atoms with E-state index in [0.717, 1.165) is 19.3 Å². The molecule has 1 rings (SSSR count). The number of rotatable bonds is 16. The van der Waals surface area contributed by atoms with E-state index in [9.17, 15) is 15.3 Å². The number of allylic oxidation sites excluding steroid dienone is 2. The molecular formula is C21H40O5. The van der Waals surface area contributed by atoms with E-state index in [2.05, 4.69) is 19.1 Å². The molecule has 0 aliphatic carbocycles. The molecule has 0 radical (unpaired) electrons. The Hall–Kier alpha value is -0.460. The molecule has 154 valence electrons. The van der Waals surface area contributed by atoms with Crippen molar-refractivity contribution < 1.29 is 24.8 Å². The van der Waals surface area contributed by atoms with E-state index < -0.39 is 24.4 Å². The highest BCUT2D eigenvalue weighted by Gasteiger charge is 2.39. The first-order chi connectivity index (χ1) is 12.7. The van der Waals surface area contributed by atoms with Gasteiger partial charge in [0.25, 0.3) is 0 Å². The zero-order valence-corrected chi connectivity index (χ0v) is 16.5. The Bertz CT molecular complexity index is 347. The Kier molecular flexibility index (Phi) is 14.1. The van der Waals surface area contributed by atoms with Crippen LogP contribution in [0.4, 0.5) is 0 Å². The van der Waals surface area contributed by atoms with Gasteiger partial charge in [-0.15, -0.1) is 0 Å². The predicted octanol–water partition coefficient (Wildman–Crippen LogP) is 3.35. The van der Waals surface area contributed by atoms with Gasteiger partial charge in [0, 0.05) is 6.61 Å². The van der Waals surface area contributed by atoms with Crippen LogP contribution in [0.3, 0.4) is 0 Å². The van der Waals surface area contributed by atoms with Crippen LogP contribution in [0.1, 0.15) is 77.6 Å². The molecule has 1 fully saturated rings. The zero-order chi connectivity index (χ0) is 19.0. The van der Waals surface area contributed by atoms with Crippen LogP contribution in [0.25, 0.3) is 0 Å². The fraction of sp³-hybridized carbons (Fsp3) is 0.905. The standard InChI is InChI=1S/C21H40O5/c1-2-3-4-5-6-7-8-9-10-11-12-13-14-15-25-16-19(23)21-20(24)18(22)17-26-21/h10-11,18-24H,2-9,12-17H2,1H3/b11-10+/t18-,19+,20+,21+/m0/s1. The monoisotopic (exact) mass is 372 g/mol. The highest BCUT2D eigenvalue weighted by molar-refractivity contribution is 4.87. The summed E-state index contributed by atoms with van der Waals surface area (Å²) in [6.07, 6.45) is 14.7. The van der Waals surface area contributed by atoms with Crippen LogP contribution in [0, 0.1) is 0 Å². The summed E-state index contributed by atoms with van der Waals surface area (Å²) in [5.74, 6) is 0. The minimum atomic E-state index is -1.03. The number of aliphatic hydroxyl groups excluding tert-OH is 3. The molecule has 1 aliphatic heterocycles. The van der Waals surface area contributed by atoms with Crippen molar-refractivity contribution in [1.82, 2.24) is 0 Å². The minimum absolute atomic E-state index is 0.0636. The average molecular weight is 373 g/mol. The second-order valence-electron chi connectivity index (χ2n) is 7.38. The molecule has 0 aromatic carbocycles. The molecule has 0 amide bonds. The highest BCUT2D eigenvalue weighted by Crippen LogP contribution is 2.17. The van der Waals surface area contributed by atoms with Crippen molar-refractivity contribution in [3.63, 3.8) is 0 Å². The van der Waals surface area contributed by atoms with Crippen molar-refractivity contribution in [2.75, 3.05) is 19.8 Å². The van der Waals surface area contributed by atoms with Gasteiger partial charge in [0.15, 0.2) is 0 Å². The van der Waals surface area contributed by atoms with Crippen molar-refractivity contribution in [2.45, 2.75) is 102 Å². The first-order valence-corrected chi connectivity index (χ1v) is 10.5. The van der Waals surface area contributed by atoms with Gasteiger partial charge in [-0.05, 0) is 32.1 Å². The summed E-state index contributed by atoms with van der Waals surface area (Å²) >= 11 is 0. The van der Waals surface area contributed by atoms with Crippen LogP contribution in [0.5, 0.6) is 0 Å². The van der Waals surface area contributed by atoms with E-state index in [-0.39, 0.29) is 13.2 Å². The summed E-state index contributed by atoms with van der Waals surface area (Å²) in [6.45, 7) is 3.04. The molecule has 0 aromatic heterocycles. The Morgan fingerprint density at radius 1 is 0.962 bits per heavy atom. The molecule has 1 heterocycles. The molecule has 0 aromatic rings. The molecule has 1 saturated heterocycles. The van der Waals surface area contributed by atoms with Gasteiger partial charge in [0.1, 0.15) is 24.4 Å². The Morgan fingerprint density at radius 2 is 1.58 bits per heavy atom. The molecule has 0 unspecified atom stereocenters. The second-order valence-corrected chi connectivity index (χ2v) is 7.38. The lowest BCUT2D eigenvalue weighted by molar-refractivity contribution is -0.0813. The Balaban J connectivity index is 1.84. The van der Waals surface area contributed by atoms with Crippen LogP contribution in [0.2, 0.25) is 0 Å². The first-order valence-electron chi connectivity index (χ1n) is 10.5. The molecule has 3 N–H and O–H groups in total. The van der Waals surface area contributed by atoms with Gasteiger partial charge in [-0.2, -0.15) is 0 Å². The quantitative estimate of drug-likeness (QED) is 0.286. The van der Waals surface area contributed by atoms with Crippen molar-refractivity contribution >= 4 is 0 Å². The summed E-state index contributed by atoms with van der Waals surface area (Å²) in [7, 11) is 0. The summed E-state index contributed by atoms with van der Waals surface area (Å²) in [6, 6.07) is 0. The fourth-order valence-corrected chi connectivity index (χ4v) is 3.18. The van der Waals surface area contributed by atoms with Gasteiger partial charge in [-0.25, -0.2) is 0 Å². The molecule has 0 bridgehead atoms. The van der Waals surface area contributed by atoms with Gasteiger partial charge in [0.2, 0.25) is 0 Å². The lowest BCUT2D eigenvalue weighted by atomic mass is 10.1. The van der Waals surface area contributed by atoms with Crippen molar-refractivity contribution in [1.29, 1.82) is 0 Å². The largest absolute Gasteiger partial charge is 0.388 e. The summed E-state index contributed by atoms with van der Waals surface area (Å²) in [5.41, 5.74) is 0. The van der Waals surface area contributed by atoms with Crippen molar-refractivity contribution in [3.8, 4) is 0 Å². The first kappa shape index (κ1) is 23.6. The molecular weight excluding hydrogens is 332 g/mol. The van der Waals surface area contributed by atoms with E-state index in [0.29, 0.717) is 6.61 Å². The molecule has 0 spiro atoms. The van der Waals surface area contributed by atoms with Crippen LogP contribution in [0.15, 0.2) is 12.2 Å². The normalized spacial score (nSPS) is 24.5. The fourth-order valence-electron chi connectivity index (χ4n) is 3.18. The predicted molar refractivity (Wildman–Crippen MR) is 104 cm³/mol. The number of hydrogen-bond acceptors (Lipinski definition) is 5. The van der Waals surface area contributed by atoms with E-state index in [1.54, 1.807) is 0 Å². The van der Waals surface area contributed by atoms with Crippen LogP contribution < -0.4 is 0 Å². The molecule has 5 heteroatoms. The third-order valence-electron chi connectivity index (χ3n) is 4.91. The van der Waals surface area contributed by atoms with Crippen molar-refractivity contribution in [3.05, 3.63) is 12.2 Å². The van der Waals surface area contributed by atoms with Crippen LogP contribution >= 0.6 is 0 Å². The molecule has 26 heavy (non-hydrogen) atoms. The van der Waals surface area contributed by atoms with E-state index in [1.807, 2.05) is 0 Å². The topological polar surface area (TPSA) is 79.2 Å². The third kappa shape index (κ3) is 10.6. The molecule has 0 saturated carbocycles. The number of ether oxygens (including phenoxy) is 2. The maximum absolute atomic E-state index is 9.91. The van der Waals surface area contributed by atoms with Gasteiger partial charge in [-0.1, -0.05) is 57.6 Å². The maximum Gasteiger partial charge on any atom is 0.114 e. The number of hydrogen-bond donors (Lipinski definition) is 3. The Morgan fingerprint density at radius 3 is 2.19 bits per heavy atom. The number of unbranched alkanes of at least 4 members (excludes halogenated alkanes) is 9. The lowest BCUT2D eigenvalue weighted by Gasteiger charge is -2.20. The molecule has 4 atom stereocenters. The van der Waals surface area contributed by atoms with Crippen LogP contribution in [-0.4, -0.2) is 59.6 Å². The van der Waals surface area contributed by atoms with Gasteiger partial charge < -0.3 is 24.8 Å². The SMILES string of the molecule is CCCCCCCCC/C=C/CCCCOC[C@@H](O)[C@H]1OC[C@H](O)[C@H]1O. The van der Waals surface area contributed by atoms with Crippen molar-refractivity contribution in [2.24, 2.45) is 0 Å². The van der Waals surface area contributed by atoms with E-state index in [4.69, 9.17) is 9.47 Å². The summed E-state index contributed by atoms with van der Waals surface area (Å²) in [4.78, 5) is 0. The smallest absolute Gasteiger partial charge is 0.114 e.